The average molecular weight is 447 g/mol. The lowest BCUT2D eigenvalue weighted by Gasteiger charge is -2.17. The minimum atomic E-state index is -3.86. The standard InChI is InChI=1S/C15H21N5O7S2/c1-20(2)29(24,25)19-12-6-4-5-10-9-11(7-8-26-13(10)12)14(21)17-15(16)18-27-28(3,22)23/h4-6,9,19H,7-8H2,1-3H3,(H3,16,17,18,21). The fourth-order valence-corrected chi connectivity index (χ4v) is 3.01. The van der Waals surface area contributed by atoms with Crippen molar-refractivity contribution in [3.8, 4) is 5.75 Å². The van der Waals surface area contributed by atoms with Crippen LogP contribution in [-0.2, 0) is 29.4 Å². The predicted octanol–water partition coefficient (Wildman–Crippen LogP) is -0.607. The van der Waals surface area contributed by atoms with Gasteiger partial charge >= 0.3 is 20.3 Å². The van der Waals surface area contributed by atoms with Gasteiger partial charge in [-0.05, 0) is 17.3 Å². The zero-order chi connectivity index (χ0) is 21.8. The molecule has 1 aromatic carbocycles. The molecule has 0 spiro atoms. The highest BCUT2D eigenvalue weighted by atomic mass is 32.2. The third-order valence-corrected chi connectivity index (χ3v) is 5.30. The highest BCUT2D eigenvalue weighted by Gasteiger charge is 2.21. The van der Waals surface area contributed by atoms with Crippen molar-refractivity contribution in [3.63, 3.8) is 0 Å². The van der Waals surface area contributed by atoms with Gasteiger partial charge in [0, 0.05) is 31.7 Å². The molecular weight excluding hydrogens is 426 g/mol. The van der Waals surface area contributed by atoms with Crippen LogP contribution in [0.25, 0.3) is 6.08 Å². The van der Waals surface area contributed by atoms with Gasteiger partial charge < -0.3 is 10.5 Å². The van der Waals surface area contributed by atoms with Crippen LogP contribution in [0.4, 0.5) is 5.69 Å². The van der Waals surface area contributed by atoms with Gasteiger partial charge in [-0.15, -0.1) is 0 Å². The first-order chi connectivity index (χ1) is 13.4. The van der Waals surface area contributed by atoms with Gasteiger partial charge in [0.15, 0.2) is 5.75 Å². The van der Waals surface area contributed by atoms with Gasteiger partial charge in [-0.3, -0.25) is 19.1 Å². The molecule has 12 nitrogen and oxygen atoms in total. The number of nitrogens with one attached hydrogen (secondary N) is 2. The van der Waals surface area contributed by atoms with Gasteiger partial charge in [-0.1, -0.05) is 12.1 Å². The number of nitrogens with zero attached hydrogens (tertiary/aromatic N) is 2. The molecule has 29 heavy (non-hydrogen) atoms. The topological polar surface area (TPSA) is 169 Å². The molecule has 2 rings (SSSR count). The Morgan fingerprint density at radius 3 is 2.59 bits per heavy atom. The number of hydrogen-bond donors (Lipinski definition) is 3. The third-order valence-electron chi connectivity index (χ3n) is 3.52. The summed E-state index contributed by atoms with van der Waals surface area (Å²) in [7, 11) is -4.85. The van der Waals surface area contributed by atoms with E-state index >= 15 is 0 Å². The minimum Gasteiger partial charge on any atom is -0.490 e. The molecule has 4 N–H and O–H groups in total. The molecule has 1 amide bonds. The van der Waals surface area contributed by atoms with Gasteiger partial charge in [0.2, 0.25) is 5.96 Å². The smallest absolute Gasteiger partial charge is 0.325 e. The van der Waals surface area contributed by atoms with E-state index in [-0.39, 0.29) is 30.0 Å². The molecule has 1 heterocycles. The lowest BCUT2D eigenvalue weighted by molar-refractivity contribution is -0.116. The summed E-state index contributed by atoms with van der Waals surface area (Å²) in [6, 6.07) is 4.78. The lowest BCUT2D eigenvalue weighted by Crippen LogP contribution is -2.38. The minimum absolute atomic E-state index is 0.0871. The van der Waals surface area contributed by atoms with Crippen molar-refractivity contribution >= 4 is 44.0 Å². The van der Waals surface area contributed by atoms with Gasteiger partial charge in [-0.2, -0.15) is 21.1 Å². The SMILES string of the molecule is CN(C)S(=O)(=O)Nc1cccc2c1OCCC(C(=O)NC(N)=NOS(C)(=O)=O)=C2. The van der Waals surface area contributed by atoms with Crippen LogP contribution >= 0.6 is 0 Å². The van der Waals surface area contributed by atoms with E-state index in [0.717, 1.165) is 10.6 Å². The van der Waals surface area contributed by atoms with Crippen LogP contribution in [0.3, 0.4) is 0 Å². The summed E-state index contributed by atoms with van der Waals surface area (Å²) in [5.41, 5.74) is 6.38. The number of carbonyl (C=O) groups excluding carboxylic acids is 1. The molecule has 0 fully saturated rings. The summed E-state index contributed by atoms with van der Waals surface area (Å²) in [5.74, 6) is -0.916. The van der Waals surface area contributed by atoms with E-state index in [4.69, 9.17) is 10.5 Å². The summed E-state index contributed by atoms with van der Waals surface area (Å²) >= 11 is 0. The summed E-state index contributed by atoms with van der Waals surface area (Å²) in [5, 5.41) is 5.31. The molecule has 160 valence electrons. The van der Waals surface area contributed by atoms with E-state index in [1.165, 1.54) is 26.2 Å². The molecule has 0 atom stereocenters. The summed E-state index contributed by atoms with van der Waals surface area (Å²) < 4.78 is 59.2. The molecule has 0 saturated carbocycles. The van der Waals surface area contributed by atoms with E-state index in [1.807, 2.05) is 0 Å². The Kier molecular flexibility index (Phi) is 6.71. The van der Waals surface area contributed by atoms with Crippen molar-refractivity contribution in [2.24, 2.45) is 10.9 Å². The number of guanidine groups is 1. The van der Waals surface area contributed by atoms with Gasteiger partial charge in [-0.25, -0.2) is 0 Å². The number of nitrogens with two attached hydrogens (primary N) is 1. The average Bonchev–Trinajstić information content (AvgIpc) is 2.82. The molecular formula is C15H21N5O7S2. The van der Waals surface area contributed by atoms with Gasteiger partial charge in [0.05, 0.1) is 18.6 Å². The molecule has 0 unspecified atom stereocenters. The highest BCUT2D eigenvalue weighted by Crippen LogP contribution is 2.34. The highest BCUT2D eigenvalue weighted by molar-refractivity contribution is 7.90. The van der Waals surface area contributed by atoms with Crippen molar-refractivity contribution in [2.45, 2.75) is 6.42 Å². The Morgan fingerprint density at radius 1 is 1.28 bits per heavy atom. The molecule has 0 radical (unpaired) electrons. The van der Waals surface area contributed by atoms with Crippen molar-refractivity contribution < 1.29 is 30.7 Å². The first kappa shape index (κ1) is 22.4. The maximum Gasteiger partial charge on any atom is 0.325 e. The Bertz CT molecular complexity index is 1060. The number of carbonyl (C=O) groups is 1. The first-order valence-corrected chi connectivity index (χ1v) is 11.3. The van der Waals surface area contributed by atoms with Crippen LogP contribution in [-0.4, -0.2) is 60.0 Å². The predicted molar refractivity (Wildman–Crippen MR) is 106 cm³/mol. The molecule has 0 saturated heterocycles. The number of amides is 1. The monoisotopic (exact) mass is 447 g/mol. The van der Waals surface area contributed by atoms with Gasteiger partial charge in [0.25, 0.3) is 5.91 Å². The van der Waals surface area contributed by atoms with Crippen LogP contribution in [0, 0.1) is 0 Å². The largest absolute Gasteiger partial charge is 0.490 e. The number of oxime groups is 1. The maximum absolute atomic E-state index is 12.4. The van der Waals surface area contributed by atoms with E-state index < -0.39 is 32.2 Å². The second kappa shape index (κ2) is 8.67. The molecule has 1 aliphatic rings. The summed E-state index contributed by atoms with van der Waals surface area (Å²) in [4.78, 5) is 12.4. The molecule has 0 aromatic heterocycles. The summed E-state index contributed by atoms with van der Waals surface area (Å²) in [6.07, 6.45) is 2.46. The molecule has 1 aromatic rings. The Balaban J connectivity index is 2.27. The number of rotatable bonds is 6. The Labute approximate surface area is 168 Å². The number of fused-ring (bicyclic) bond motifs is 1. The van der Waals surface area contributed by atoms with E-state index in [2.05, 4.69) is 19.5 Å². The maximum atomic E-state index is 12.4. The number of anilines is 1. The molecule has 1 aliphatic heterocycles. The molecule has 0 aliphatic carbocycles. The van der Waals surface area contributed by atoms with E-state index in [9.17, 15) is 21.6 Å². The summed E-state index contributed by atoms with van der Waals surface area (Å²) in [6.45, 7) is 0.0871. The van der Waals surface area contributed by atoms with Crippen molar-refractivity contribution in [1.29, 1.82) is 0 Å². The number of ether oxygens (including phenoxy) is 1. The third kappa shape index (κ3) is 6.33. The fraction of sp³-hybridized carbons (Fsp3) is 0.333. The first-order valence-electron chi connectivity index (χ1n) is 8.09. The van der Waals surface area contributed by atoms with Gasteiger partial charge in [0.1, 0.15) is 0 Å². The second-order valence-electron chi connectivity index (χ2n) is 6.09. The molecule has 0 bridgehead atoms. The Morgan fingerprint density at radius 2 is 1.97 bits per heavy atom. The molecule has 14 heteroatoms. The quantitative estimate of drug-likeness (QED) is 0.295. The zero-order valence-electron chi connectivity index (χ0n) is 15.9. The van der Waals surface area contributed by atoms with Crippen LogP contribution in [0.15, 0.2) is 28.9 Å². The van der Waals surface area contributed by atoms with E-state index in [0.29, 0.717) is 5.56 Å². The fourth-order valence-electron chi connectivity index (χ4n) is 2.17. The van der Waals surface area contributed by atoms with Crippen molar-refractivity contribution in [2.75, 3.05) is 31.7 Å². The second-order valence-corrected chi connectivity index (χ2v) is 9.53. The van der Waals surface area contributed by atoms with Crippen LogP contribution in [0.2, 0.25) is 0 Å². The van der Waals surface area contributed by atoms with Crippen molar-refractivity contribution in [3.05, 3.63) is 29.3 Å². The normalized spacial score (nSPS) is 14.9. The van der Waals surface area contributed by atoms with E-state index in [1.54, 1.807) is 12.1 Å². The van der Waals surface area contributed by atoms with Crippen LogP contribution < -0.4 is 20.5 Å². The number of hydrogen-bond acceptors (Lipinski definition) is 8. The van der Waals surface area contributed by atoms with Crippen LogP contribution in [0.5, 0.6) is 5.75 Å². The lowest BCUT2D eigenvalue weighted by atomic mass is 10.1. The van der Waals surface area contributed by atoms with Crippen LogP contribution in [0.1, 0.15) is 12.0 Å². The van der Waals surface area contributed by atoms with Crippen molar-refractivity contribution in [1.82, 2.24) is 9.62 Å². The zero-order valence-corrected chi connectivity index (χ0v) is 17.5. The Hall–Kier alpha value is -2.84. The number of para-hydroxylation sites is 1. The number of benzene rings is 1.